The first-order valence-electron chi connectivity index (χ1n) is 5.40. The lowest BCUT2D eigenvalue weighted by atomic mass is 10.1. The molecule has 1 aliphatic carbocycles. The van der Waals surface area contributed by atoms with Gasteiger partial charge in [0.2, 0.25) is 0 Å². The van der Waals surface area contributed by atoms with Crippen molar-refractivity contribution < 1.29 is 5.11 Å². The number of aromatic hydroxyl groups is 1. The predicted molar refractivity (Wildman–Crippen MR) is 56.7 cm³/mol. The monoisotopic (exact) mass is 189 g/mol. The Labute approximate surface area is 84.2 Å². The quantitative estimate of drug-likeness (QED) is 0.770. The highest BCUT2D eigenvalue weighted by atomic mass is 16.3. The summed E-state index contributed by atoms with van der Waals surface area (Å²) in [6.45, 7) is 2.35. The fraction of sp³-hybridized carbons (Fsp3) is 0.500. The van der Waals surface area contributed by atoms with E-state index in [9.17, 15) is 5.11 Å². The largest absolute Gasteiger partial charge is 0.508 e. The first kappa shape index (κ1) is 8.16. The Morgan fingerprint density at radius 1 is 1.36 bits per heavy atom. The highest BCUT2D eigenvalue weighted by molar-refractivity contribution is 5.60. The van der Waals surface area contributed by atoms with Crippen LogP contribution in [0.1, 0.15) is 18.4 Å². The molecule has 2 nitrogen and oxygen atoms in total. The van der Waals surface area contributed by atoms with E-state index >= 15 is 0 Å². The van der Waals surface area contributed by atoms with Gasteiger partial charge in [-0.3, -0.25) is 0 Å². The van der Waals surface area contributed by atoms with Gasteiger partial charge in [-0.1, -0.05) is 0 Å². The molecule has 74 valence electrons. The fourth-order valence-corrected chi connectivity index (χ4v) is 2.26. The molecular weight excluding hydrogens is 174 g/mol. The van der Waals surface area contributed by atoms with Crippen molar-refractivity contribution in [2.24, 2.45) is 5.92 Å². The first-order chi connectivity index (χ1) is 6.83. The zero-order chi connectivity index (χ0) is 9.54. The van der Waals surface area contributed by atoms with Gasteiger partial charge in [0.05, 0.1) is 0 Å². The Balaban J connectivity index is 1.85. The molecule has 2 aliphatic rings. The molecule has 1 N–H and O–H groups in total. The van der Waals surface area contributed by atoms with E-state index in [0.29, 0.717) is 5.75 Å². The minimum Gasteiger partial charge on any atom is -0.508 e. The second-order valence-electron chi connectivity index (χ2n) is 4.45. The average Bonchev–Trinajstić information content (AvgIpc) is 2.89. The molecule has 2 heteroatoms. The van der Waals surface area contributed by atoms with Gasteiger partial charge < -0.3 is 10.0 Å². The Morgan fingerprint density at radius 2 is 2.21 bits per heavy atom. The number of benzene rings is 1. The summed E-state index contributed by atoms with van der Waals surface area (Å²) in [4.78, 5) is 2.46. The molecule has 3 rings (SSSR count). The number of rotatable bonds is 2. The SMILES string of the molecule is Oc1ccc2c(c1)CCN2CC1CC1. The van der Waals surface area contributed by atoms with E-state index in [-0.39, 0.29) is 0 Å². The van der Waals surface area contributed by atoms with Crippen LogP contribution in [0, 0.1) is 5.92 Å². The molecule has 0 bridgehead atoms. The zero-order valence-electron chi connectivity index (χ0n) is 8.24. The van der Waals surface area contributed by atoms with Crippen molar-refractivity contribution in [1.29, 1.82) is 0 Å². The maximum absolute atomic E-state index is 9.36. The number of hydrogen-bond acceptors (Lipinski definition) is 2. The third-order valence-electron chi connectivity index (χ3n) is 3.23. The van der Waals surface area contributed by atoms with Gasteiger partial charge in [-0.2, -0.15) is 0 Å². The first-order valence-corrected chi connectivity index (χ1v) is 5.40. The number of phenolic OH excluding ortho intramolecular Hbond substituents is 1. The van der Waals surface area contributed by atoms with Crippen LogP contribution in [0.5, 0.6) is 5.75 Å². The van der Waals surface area contributed by atoms with Crippen molar-refractivity contribution in [3.63, 3.8) is 0 Å². The van der Waals surface area contributed by atoms with Crippen molar-refractivity contribution in [3.8, 4) is 5.75 Å². The summed E-state index contributed by atoms with van der Waals surface area (Å²) in [6, 6.07) is 5.76. The summed E-state index contributed by atoms with van der Waals surface area (Å²) in [5.41, 5.74) is 2.65. The van der Waals surface area contributed by atoms with E-state index < -0.39 is 0 Å². The number of hydrogen-bond donors (Lipinski definition) is 1. The molecule has 1 fully saturated rings. The molecule has 1 aliphatic heterocycles. The smallest absolute Gasteiger partial charge is 0.116 e. The normalized spacial score (nSPS) is 19.9. The second kappa shape index (κ2) is 2.91. The third-order valence-corrected chi connectivity index (χ3v) is 3.23. The van der Waals surface area contributed by atoms with Gasteiger partial charge in [0.1, 0.15) is 5.75 Å². The summed E-state index contributed by atoms with van der Waals surface area (Å²) in [6.07, 6.45) is 3.91. The Bertz CT molecular complexity index is 357. The van der Waals surface area contributed by atoms with Crippen molar-refractivity contribution >= 4 is 5.69 Å². The molecule has 0 amide bonds. The van der Waals surface area contributed by atoms with Crippen molar-refractivity contribution in [1.82, 2.24) is 0 Å². The Kier molecular flexibility index (Phi) is 1.69. The zero-order valence-corrected chi connectivity index (χ0v) is 8.24. The van der Waals surface area contributed by atoms with Crippen LogP contribution >= 0.6 is 0 Å². The van der Waals surface area contributed by atoms with Gasteiger partial charge in [0, 0.05) is 18.8 Å². The molecule has 1 aromatic carbocycles. The Hall–Kier alpha value is -1.18. The van der Waals surface area contributed by atoms with Crippen LogP contribution in [-0.2, 0) is 6.42 Å². The van der Waals surface area contributed by atoms with Crippen LogP contribution in [0.15, 0.2) is 18.2 Å². The number of fused-ring (bicyclic) bond motifs is 1. The predicted octanol–water partition coefficient (Wildman–Crippen LogP) is 2.16. The maximum Gasteiger partial charge on any atom is 0.116 e. The minimum atomic E-state index is 0.400. The summed E-state index contributed by atoms with van der Waals surface area (Å²) in [5, 5.41) is 9.36. The lowest BCUT2D eigenvalue weighted by Gasteiger charge is -2.18. The van der Waals surface area contributed by atoms with Crippen LogP contribution in [-0.4, -0.2) is 18.2 Å². The molecule has 0 unspecified atom stereocenters. The molecule has 14 heavy (non-hydrogen) atoms. The maximum atomic E-state index is 9.36. The molecule has 0 spiro atoms. The number of phenols is 1. The summed E-state index contributed by atoms with van der Waals surface area (Å²) < 4.78 is 0. The van der Waals surface area contributed by atoms with Gasteiger partial charge in [0.15, 0.2) is 0 Å². The standard InChI is InChI=1S/C12H15NO/c14-11-3-4-12-10(7-11)5-6-13(12)8-9-1-2-9/h3-4,7,9,14H,1-2,5-6,8H2. The topological polar surface area (TPSA) is 23.5 Å². The molecule has 1 aromatic rings. The Morgan fingerprint density at radius 3 is 3.00 bits per heavy atom. The number of nitrogens with zero attached hydrogens (tertiary/aromatic N) is 1. The van der Waals surface area contributed by atoms with E-state index in [0.717, 1.165) is 18.9 Å². The summed E-state index contributed by atoms with van der Waals surface area (Å²) in [7, 11) is 0. The second-order valence-corrected chi connectivity index (χ2v) is 4.45. The van der Waals surface area contributed by atoms with E-state index in [4.69, 9.17) is 0 Å². The van der Waals surface area contributed by atoms with Gasteiger partial charge in [-0.15, -0.1) is 0 Å². The fourth-order valence-electron chi connectivity index (χ4n) is 2.26. The third kappa shape index (κ3) is 1.35. The van der Waals surface area contributed by atoms with Crippen LogP contribution < -0.4 is 4.90 Å². The van der Waals surface area contributed by atoms with Crippen LogP contribution in [0.2, 0.25) is 0 Å². The lowest BCUT2D eigenvalue weighted by Crippen LogP contribution is -2.22. The van der Waals surface area contributed by atoms with E-state index in [1.165, 1.54) is 30.6 Å². The highest BCUT2D eigenvalue weighted by Crippen LogP contribution is 2.36. The molecular formula is C12H15NO. The summed E-state index contributed by atoms with van der Waals surface area (Å²) >= 11 is 0. The van der Waals surface area contributed by atoms with Gasteiger partial charge in [-0.25, -0.2) is 0 Å². The lowest BCUT2D eigenvalue weighted by molar-refractivity contribution is 0.475. The van der Waals surface area contributed by atoms with E-state index in [1.807, 2.05) is 6.07 Å². The highest BCUT2D eigenvalue weighted by Gasteiger charge is 2.27. The average molecular weight is 189 g/mol. The van der Waals surface area contributed by atoms with Crippen LogP contribution in [0.4, 0.5) is 5.69 Å². The molecule has 0 atom stereocenters. The molecule has 0 aromatic heterocycles. The van der Waals surface area contributed by atoms with E-state index in [1.54, 1.807) is 6.07 Å². The minimum absolute atomic E-state index is 0.400. The molecule has 0 saturated heterocycles. The van der Waals surface area contributed by atoms with Crippen molar-refractivity contribution in [3.05, 3.63) is 23.8 Å². The molecule has 1 heterocycles. The summed E-state index contributed by atoms with van der Waals surface area (Å²) in [5.74, 6) is 1.34. The van der Waals surface area contributed by atoms with E-state index in [2.05, 4.69) is 11.0 Å². The number of anilines is 1. The molecule has 1 saturated carbocycles. The van der Waals surface area contributed by atoms with Crippen molar-refractivity contribution in [2.75, 3.05) is 18.0 Å². The van der Waals surface area contributed by atoms with Gasteiger partial charge >= 0.3 is 0 Å². The van der Waals surface area contributed by atoms with Gasteiger partial charge in [-0.05, 0) is 48.9 Å². The van der Waals surface area contributed by atoms with Gasteiger partial charge in [0.25, 0.3) is 0 Å². The molecule has 0 radical (unpaired) electrons. The van der Waals surface area contributed by atoms with Crippen molar-refractivity contribution in [2.45, 2.75) is 19.3 Å². The van der Waals surface area contributed by atoms with Crippen LogP contribution in [0.3, 0.4) is 0 Å². The van der Waals surface area contributed by atoms with Crippen LogP contribution in [0.25, 0.3) is 0 Å².